The van der Waals surface area contributed by atoms with Gasteiger partial charge in [-0.2, -0.15) is 0 Å². The third-order valence-corrected chi connectivity index (χ3v) is 5.48. The van der Waals surface area contributed by atoms with E-state index in [2.05, 4.69) is 10.6 Å². The van der Waals surface area contributed by atoms with Crippen molar-refractivity contribution in [2.45, 2.75) is 23.1 Å². The fourth-order valence-electron chi connectivity index (χ4n) is 2.53. The van der Waals surface area contributed by atoms with Gasteiger partial charge in [-0.3, -0.25) is 14.4 Å². The first-order valence-corrected chi connectivity index (χ1v) is 9.48. The first kappa shape index (κ1) is 19.3. The standard InChI is InChI=1S/C18H18ClN3O4S/c1-22(10-16(23)20-9-12-3-2-6-26-12)17(24)8-15-18(25)21-13-7-11(19)4-5-14(13)27-15/h2-7,15H,8-10H2,1H3,(H,20,23)(H,21,25). The molecule has 1 unspecified atom stereocenters. The summed E-state index contributed by atoms with van der Waals surface area (Å²) in [5, 5.41) is 5.42. The zero-order valence-electron chi connectivity index (χ0n) is 14.5. The zero-order valence-corrected chi connectivity index (χ0v) is 16.1. The van der Waals surface area contributed by atoms with Gasteiger partial charge in [-0.1, -0.05) is 11.6 Å². The smallest absolute Gasteiger partial charge is 0.239 e. The fraction of sp³-hybridized carbons (Fsp3) is 0.278. The van der Waals surface area contributed by atoms with Crippen molar-refractivity contribution in [1.29, 1.82) is 0 Å². The van der Waals surface area contributed by atoms with Gasteiger partial charge in [0.25, 0.3) is 0 Å². The maximum atomic E-state index is 12.4. The Morgan fingerprint density at radius 2 is 2.19 bits per heavy atom. The number of hydrogen-bond acceptors (Lipinski definition) is 5. The lowest BCUT2D eigenvalue weighted by molar-refractivity contribution is -0.135. The molecule has 2 N–H and O–H groups in total. The zero-order chi connectivity index (χ0) is 19.4. The summed E-state index contributed by atoms with van der Waals surface area (Å²) in [6, 6.07) is 8.70. The molecule has 0 saturated carbocycles. The Kier molecular flexibility index (Phi) is 6.08. The first-order valence-electron chi connectivity index (χ1n) is 8.22. The van der Waals surface area contributed by atoms with E-state index in [4.69, 9.17) is 16.0 Å². The fourth-order valence-corrected chi connectivity index (χ4v) is 3.78. The SMILES string of the molecule is CN(CC(=O)NCc1ccco1)C(=O)CC1Sc2ccc(Cl)cc2NC1=O. The van der Waals surface area contributed by atoms with E-state index in [1.54, 1.807) is 24.3 Å². The highest BCUT2D eigenvalue weighted by Gasteiger charge is 2.30. The largest absolute Gasteiger partial charge is 0.467 e. The molecule has 0 aliphatic carbocycles. The van der Waals surface area contributed by atoms with Crippen LogP contribution in [0.3, 0.4) is 0 Å². The molecule has 0 bridgehead atoms. The van der Waals surface area contributed by atoms with E-state index in [-0.39, 0.29) is 37.2 Å². The summed E-state index contributed by atoms with van der Waals surface area (Å²) < 4.78 is 5.13. The number of amides is 3. The molecule has 0 saturated heterocycles. The van der Waals surface area contributed by atoms with E-state index in [1.807, 2.05) is 6.07 Å². The number of rotatable bonds is 6. The lowest BCUT2D eigenvalue weighted by Gasteiger charge is -2.25. The van der Waals surface area contributed by atoms with E-state index in [1.165, 1.54) is 30.0 Å². The Hall–Kier alpha value is -2.45. The molecule has 1 aromatic heterocycles. The summed E-state index contributed by atoms with van der Waals surface area (Å²) in [6.45, 7) is 0.166. The molecule has 0 radical (unpaired) electrons. The van der Waals surface area contributed by atoms with Crippen molar-refractivity contribution in [3.05, 3.63) is 47.4 Å². The third-order valence-electron chi connectivity index (χ3n) is 3.97. The van der Waals surface area contributed by atoms with Crippen molar-refractivity contribution in [3.63, 3.8) is 0 Å². The Morgan fingerprint density at radius 3 is 2.93 bits per heavy atom. The van der Waals surface area contributed by atoms with E-state index in [0.717, 1.165) is 4.90 Å². The Morgan fingerprint density at radius 1 is 1.37 bits per heavy atom. The number of likely N-dealkylation sites (N-methyl/N-ethyl adjacent to an activating group) is 1. The molecule has 0 fully saturated rings. The van der Waals surface area contributed by atoms with Crippen LogP contribution in [0.2, 0.25) is 5.02 Å². The van der Waals surface area contributed by atoms with Gasteiger partial charge in [0.1, 0.15) is 5.76 Å². The summed E-state index contributed by atoms with van der Waals surface area (Å²) in [4.78, 5) is 38.8. The van der Waals surface area contributed by atoms with Gasteiger partial charge >= 0.3 is 0 Å². The third kappa shape index (κ3) is 5.05. The molecule has 0 spiro atoms. The first-order chi connectivity index (χ1) is 12.9. The molecular formula is C18H18ClN3O4S. The lowest BCUT2D eigenvalue weighted by atomic mass is 10.2. The number of benzene rings is 1. The van der Waals surface area contributed by atoms with Crippen molar-refractivity contribution in [3.8, 4) is 0 Å². The molecule has 2 heterocycles. The minimum absolute atomic E-state index is 0.000526. The van der Waals surface area contributed by atoms with Crippen LogP contribution in [-0.4, -0.2) is 41.5 Å². The average molecular weight is 408 g/mol. The Labute approximate surface area is 165 Å². The molecule has 1 aliphatic rings. The second-order valence-electron chi connectivity index (χ2n) is 6.05. The number of carbonyl (C=O) groups excluding carboxylic acids is 3. The van der Waals surface area contributed by atoms with Gasteiger partial charge in [0.2, 0.25) is 17.7 Å². The average Bonchev–Trinajstić information content (AvgIpc) is 3.14. The number of thioether (sulfide) groups is 1. The van der Waals surface area contributed by atoms with Crippen LogP contribution >= 0.6 is 23.4 Å². The van der Waals surface area contributed by atoms with Gasteiger partial charge < -0.3 is 20.0 Å². The van der Waals surface area contributed by atoms with Crippen LogP contribution in [0.5, 0.6) is 0 Å². The van der Waals surface area contributed by atoms with Crippen molar-refractivity contribution in [2.24, 2.45) is 0 Å². The predicted octanol–water partition coefficient (Wildman–Crippen LogP) is 2.51. The predicted molar refractivity (Wildman–Crippen MR) is 103 cm³/mol. The highest BCUT2D eigenvalue weighted by atomic mass is 35.5. The quantitative estimate of drug-likeness (QED) is 0.767. The monoisotopic (exact) mass is 407 g/mol. The summed E-state index contributed by atoms with van der Waals surface area (Å²) in [5.74, 6) is -0.207. The van der Waals surface area contributed by atoms with Gasteiger partial charge in [-0.05, 0) is 30.3 Å². The lowest BCUT2D eigenvalue weighted by Crippen LogP contribution is -2.40. The molecule has 7 nitrogen and oxygen atoms in total. The van der Waals surface area contributed by atoms with E-state index in [9.17, 15) is 14.4 Å². The highest BCUT2D eigenvalue weighted by molar-refractivity contribution is 8.01. The molecule has 3 rings (SSSR count). The van der Waals surface area contributed by atoms with Crippen molar-refractivity contribution in [2.75, 3.05) is 18.9 Å². The van der Waals surface area contributed by atoms with Crippen molar-refractivity contribution in [1.82, 2.24) is 10.2 Å². The number of nitrogens with one attached hydrogen (secondary N) is 2. The number of fused-ring (bicyclic) bond motifs is 1. The van der Waals surface area contributed by atoms with Gasteiger partial charge in [0.05, 0.1) is 30.3 Å². The highest BCUT2D eigenvalue weighted by Crippen LogP contribution is 2.38. The molecule has 27 heavy (non-hydrogen) atoms. The van der Waals surface area contributed by atoms with Crippen LogP contribution in [0, 0.1) is 0 Å². The van der Waals surface area contributed by atoms with Gasteiger partial charge in [0, 0.05) is 23.4 Å². The minimum Gasteiger partial charge on any atom is -0.467 e. The Bertz CT molecular complexity index is 856. The second kappa shape index (κ2) is 8.49. The van der Waals surface area contributed by atoms with Gasteiger partial charge in [-0.25, -0.2) is 0 Å². The van der Waals surface area contributed by atoms with Crippen LogP contribution in [0.1, 0.15) is 12.2 Å². The number of furan rings is 1. The maximum Gasteiger partial charge on any atom is 0.239 e. The van der Waals surface area contributed by atoms with Crippen LogP contribution in [0.25, 0.3) is 0 Å². The van der Waals surface area contributed by atoms with E-state index in [0.29, 0.717) is 16.5 Å². The number of hydrogen-bond donors (Lipinski definition) is 2. The molecule has 9 heteroatoms. The van der Waals surface area contributed by atoms with Crippen molar-refractivity contribution < 1.29 is 18.8 Å². The molecule has 3 amide bonds. The number of anilines is 1. The normalized spacial score (nSPS) is 15.6. The van der Waals surface area contributed by atoms with Crippen LogP contribution < -0.4 is 10.6 Å². The molecule has 142 valence electrons. The minimum atomic E-state index is -0.556. The van der Waals surface area contributed by atoms with E-state index >= 15 is 0 Å². The molecule has 2 aromatic rings. The van der Waals surface area contributed by atoms with Gasteiger partial charge in [0.15, 0.2) is 0 Å². The Balaban J connectivity index is 1.51. The second-order valence-corrected chi connectivity index (χ2v) is 7.73. The summed E-state index contributed by atoms with van der Waals surface area (Å²) in [6.07, 6.45) is 1.52. The van der Waals surface area contributed by atoms with Crippen molar-refractivity contribution >= 4 is 46.8 Å². The summed E-state index contributed by atoms with van der Waals surface area (Å²) in [7, 11) is 1.54. The van der Waals surface area contributed by atoms with Crippen LogP contribution in [0.15, 0.2) is 45.9 Å². The molecule has 1 atom stereocenters. The molecule has 1 aromatic carbocycles. The van der Waals surface area contributed by atoms with E-state index < -0.39 is 5.25 Å². The molecule has 1 aliphatic heterocycles. The molecular weight excluding hydrogens is 390 g/mol. The maximum absolute atomic E-state index is 12.4. The summed E-state index contributed by atoms with van der Waals surface area (Å²) in [5.41, 5.74) is 0.645. The number of halogens is 1. The number of carbonyl (C=O) groups is 3. The van der Waals surface area contributed by atoms with Crippen LogP contribution in [0.4, 0.5) is 5.69 Å². The van der Waals surface area contributed by atoms with Gasteiger partial charge in [-0.15, -0.1) is 11.8 Å². The number of nitrogens with zero attached hydrogens (tertiary/aromatic N) is 1. The van der Waals surface area contributed by atoms with Crippen LogP contribution in [-0.2, 0) is 20.9 Å². The topological polar surface area (TPSA) is 91.7 Å². The summed E-state index contributed by atoms with van der Waals surface area (Å²) >= 11 is 7.24.